The van der Waals surface area contributed by atoms with Crippen molar-refractivity contribution in [3.05, 3.63) is 30.1 Å². The third-order valence-corrected chi connectivity index (χ3v) is 4.38. The zero-order valence-electron chi connectivity index (χ0n) is 14.5. The molecule has 3 unspecified atom stereocenters. The molecule has 146 valence electrons. The molecule has 1 aliphatic carbocycles. The maximum atomic E-state index is 10.6. The van der Waals surface area contributed by atoms with Gasteiger partial charge in [-0.1, -0.05) is 6.07 Å². The second-order valence-electron chi connectivity index (χ2n) is 6.11. The Hall–Kier alpha value is -1.71. The van der Waals surface area contributed by atoms with Crippen LogP contribution in [0.5, 0.6) is 0 Å². The second-order valence-corrected chi connectivity index (χ2v) is 6.11. The van der Waals surface area contributed by atoms with Crippen LogP contribution in [0.3, 0.4) is 0 Å². The summed E-state index contributed by atoms with van der Waals surface area (Å²) in [6, 6.07) is 4.63. The number of halogens is 3. The van der Waals surface area contributed by atoms with E-state index in [0.717, 1.165) is 32.7 Å². The van der Waals surface area contributed by atoms with Crippen molar-refractivity contribution in [1.29, 1.82) is 0 Å². The van der Waals surface area contributed by atoms with Crippen LogP contribution in [0.1, 0.15) is 25.3 Å². The molecule has 3 rings (SSSR count). The topological polar surface area (TPSA) is 71.9 Å². The number of carbonyl (C=O) groups is 1. The quantitative estimate of drug-likeness (QED) is 0.871. The number of hydrogen-bond acceptors (Lipinski definition) is 5. The van der Waals surface area contributed by atoms with E-state index in [2.05, 4.69) is 22.9 Å². The molecule has 1 aliphatic heterocycles. The van der Waals surface area contributed by atoms with Crippen LogP contribution in [0.15, 0.2) is 24.5 Å². The minimum absolute atomic E-state index is 0.240. The van der Waals surface area contributed by atoms with E-state index in [1.807, 2.05) is 18.5 Å². The summed E-state index contributed by atoms with van der Waals surface area (Å²) in [4.78, 5) is 15.6. The maximum Gasteiger partial charge on any atom is 0.490 e. The summed E-state index contributed by atoms with van der Waals surface area (Å²) in [5.41, 5.74) is 1.27. The molecule has 1 aromatic rings. The molecule has 0 amide bonds. The van der Waals surface area contributed by atoms with Gasteiger partial charge in [-0.05, 0) is 31.4 Å². The third kappa shape index (κ3) is 5.65. The molecule has 6 nitrogen and oxygen atoms in total. The monoisotopic (exact) mass is 376 g/mol. The summed E-state index contributed by atoms with van der Waals surface area (Å²) < 4.78 is 43.6. The van der Waals surface area contributed by atoms with Gasteiger partial charge >= 0.3 is 12.1 Å². The van der Waals surface area contributed by atoms with Crippen LogP contribution in [-0.4, -0.2) is 65.1 Å². The number of carboxylic acids is 1. The molecule has 2 aliphatic rings. The summed E-state index contributed by atoms with van der Waals surface area (Å²) in [6.07, 6.45) is 1.53. The summed E-state index contributed by atoms with van der Waals surface area (Å²) >= 11 is 0. The largest absolute Gasteiger partial charge is 0.490 e. The number of aliphatic carboxylic acids is 1. The highest BCUT2D eigenvalue weighted by Crippen LogP contribution is 2.32. The predicted molar refractivity (Wildman–Crippen MR) is 86.5 cm³/mol. The molecule has 9 heteroatoms. The Balaban J connectivity index is 0.000000298. The molecule has 1 saturated heterocycles. The van der Waals surface area contributed by atoms with Gasteiger partial charge in [-0.25, -0.2) is 4.79 Å². The lowest BCUT2D eigenvalue weighted by atomic mass is 10.1. The van der Waals surface area contributed by atoms with Crippen molar-refractivity contribution >= 4 is 5.97 Å². The highest BCUT2D eigenvalue weighted by molar-refractivity contribution is 5.73. The Kier molecular flexibility index (Phi) is 7.36. The molecule has 0 spiro atoms. The lowest BCUT2D eigenvalue weighted by Crippen LogP contribution is -2.42. The van der Waals surface area contributed by atoms with Crippen LogP contribution >= 0.6 is 0 Å². The van der Waals surface area contributed by atoms with Crippen LogP contribution in [0.4, 0.5) is 13.2 Å². The summed E-state index contributed by atoms with van der Waals surface area (Å²) in [6.45, 7) is 5.57. The van der Waals surface area contributed by atoms with Crippen molar-refractivity contribution in [3.8, 4) is 0 Å². The fourth-order valence-corrected chi connectivity index (χ4v) is 3.30. The average molecular weight is 376 g/mol. The SMILES string of the molecule is CCOC1C2CCC1N(Cc1cccnc1)CCO2.O=C(O)C(F)(F)F. The lowest BCUT2D eigenvalue weighted by Gasteiger charge is -2.30. The highest BCUT2D eigenvalue weighted by Gasteiger charge is 2.42. The van der Waals surface area contributed by atoms with Gasteiger partial charge in [0, 0.05) is 38.1 Å². The number of rotatable bonds is 4. The predicted octanol–water partition coefficient (Wildman–Crippen LogP) is 2.48. The third-order valence-electron chi connectivity index (χ3n) is 4.38. The zero-order valence-corrected chi connectivity index (χ0v) is 14.5. The van der Waals surface area contributed by atoms with Gasteiger partial charge in [0.2, 0.25) is 0 Å². The Bertz CT molecular complexity index is 571. The van der Waals surface area contributed by atoms with Gasteiger partial charge in [-0.3, -0.25) is 9.88 Å². The van der Waals surface area contributed by atoms with Crippen LogP contribution in [0.25, 0.3) is 0 Å². The van der Waals surface area contributed by atoms with Crippen molar-refractivity contribution in [2.24, 2.45) is 0 Å². The molecule has 2 fully saturated rings. The summed E-state index contributed by atoms with van der Waals surface area (Å²) in [7, 11) is 0. The molecule has 0 radical (unpaired) electrons. The van der Waals surface area contributed by atoms with E-state index in [9.17, 15) is 13.2 Å². The zero-order chi connectivity index (χ0) is 19.2. The number of alkyl halides is 3. The van der Waals surface area contributed by atoms with E-state index in [-0.39, 0.29) is 6.10 Å². The van der Waals surface area contributed by atoms with Crippen molar-refractivity contribution < 1.29 is 32.5 Å². The van der Waals surface area contributed by atoms with Crippen molar-refractivity contribution in [3.63, 3.8) is 0 Å². The fraction of sp³-hybridized carbons (Fsp3) is 0.647. The van der Waals surface area contributed by atoms with Crippen molar-refractivity contribution in [2.45, 2.75) is 50.7 Å². The van der Waals surface area contributed by atoms with E-state index in [1.54, 1.807) is 0 Å². The number of ether oxygens (including phenoxy) is 2. The Morgan fingerprint density at radius 1 is 1.46 bits per heavy atom. The molecule has 0 aromatic carbocycles. The number of aromatic nitrogens is 1. The summed E-state index contributed by atoms with van der Waals surface area (Å²) in [5, 5.41) is 7.12. The number of fused-ring (bicyclic) bond motifs is 2. The van der Waals surface area contributed by atoms with E-state index in [4.69, 9.17) is 19.4 Å². The van der Waals surface area contributed by atoms with Gasteiger partial charge in [0.15, 0.2) is 0 Å². The first-order valence-corrected chi connectivity index (χ1v) is 8.49. The second kappa shape index (κ2) is 9.29. The van der Waals surface area contributed by atoms with E-state index >= 15 is 0 Å². The molecule has 1 saturated carbocycles. The van der Waals surface area contributed by atoms with Gasteiger partial charge in [0.25, 0.3) is 0 Å². The minimum atomic E-state index is -5.08. The van der Waals surface area contributed by atoms with Crippen LogP contribution < -0.4 is 0 Å². The number of pyridine rings is 1. The molecule has 3 atom stereocenters. The lowest BCUT2D eigenvalue weighted by molar-refractivity contribution is -0.192. The minimum Gasteiger partial charge on any atom is -0.475 e. The van der Waals surface area contributed by atoms with E-state index < -0.39 is 12.1 Å². The highest BCUT2D eigenvalue weighted by atomic mass is 19.4. The van der Waals surface area contributed by atoms with Crippen molar-refractivity contribution in [1.82, 2.24) is 9.88 Å². The van der Waals surface area contributed by atoms with Gasteiger partial charge in [-0.15, -0.1) is 0 Å². The summed E-state index contributed by atoms with van der Waals surface area (Å²) in [5.74, 6) is -2.76. The van der Waals surface area contributed by atoms with Gasteiger partial charge in [0.05, 0.1) is 18.8 Å². The van der Waals surface area contributed by atoms with Crippen LogP contribution in [-0.2, 0) is 20.8 Å². The average Bonchev–Trinajstić information content (AvgIpc) is 2.89. The normalized spacial score (nSPS) is 25.9. The standard InChI is InChI=1S/C15H22N2O2.C2HF3O2/c1-2-18-15-13-5-6-14(15)19-9-8-17(13)11-12-4-3-7-16-10-12;3-2(4,5)1(6)7/h3-4,7,10,13-15H,2,5-6,8-9,11H2,1H3;(H,6,7). The number of hydrogen-bond donors (Lipinski definition) is 1. The molecular weight excluding hydrogens is 353 g/mol. The molecule has 2 heterocycles. The first-order valence-electron chi connectivity index (χ1n) is 8.49. The van der Waals surface area contributed by atoms with Gasteiger partial charge < -0.3 is 14.6 Å². The van der Waals surface area contributed by atoms with Gasteiger partial charge in [-0.2, -0.15) is 13.2 Å². The number of carboxylic acid groups (broad SMARTS) is 1. The molecule has 26 heavy (non-hydrogen) atoms. The molecule has 1 aromatic heterocycles. The number of nitrogens with zero attached hydrogens (tertiary/aromatic N) is 2. The van der Waals surface area contributed by atoms with Crippen LogP contribution in [0.2, 0.25) is 0 Å². The van der Waals surface area contributed by atoms with Crippen LogP contribution in [0, 0.1) is 0 Å². The van der Waals surface area contributed by atoms with Crippen molar-refractivity contribution in [2.75, 3.05) is 19.8 Å². The van der Waals surface area contributed by atoms with E-state index in [0.29, 0.717) is 12.1 Å². The molecule has 1 N–H and O–H groups in total. The maximum absolute atomic E-state index is 10.6. The Labute approximate surface area is 149 Å². The smallest absolute Gasteiger partial charge is 0.475 e. The molecular formula is C17H23F3N2O4. The first kappa shape index (κ1) is 20.6. The Morgan fingerprint density at radius 3 is 2.77 bits per heavy atom. The van der Waals surface area contributed by atoms with Gasteiger partial charge in [0.1, 0.15) is 0 Å². The Morgan fingerprint density at radius 2 is 2.19 bits per heavy atom. The van der Waals surface area contributed by atoms with E-state index in [1.165, 1.54) is 12.0 Å². The first-order chi connectivity index (χ1) is 12.3. The molecule has 2 bridgehead atoms. The fourth-order valence-electron chi connectivity index (χ4n) is 3.30.